The molecule has 0 aliphatic carbocycles. The first kappa shape index (κ1) is 24.1. The lowest BCUT2D eigenvalue weighted by Crippen LogP contribution is -2.31. The second-order valence-electron chi connectivity index (χ2n) is 9.05. The van der Waals surface area contributed by atoms with E-state index in [1.54, 1.807) is 41.6 Å². The molecule has 0 saturated carbocycles. The van der Waals surface area contributed by atoms with Crippen LogP contribution in [0.15, 0.2) is 115 Å². The van der Waals surface area contributed by atoms with Gasteiger partial charge >= 0.3 is 0 Å². The summed E-state index contributed by atoms with van der Waals surface area (Å²) < 4.78 is 7.86. The van der Waals surface area contributed by atoms with E-state index in [0.29, 0.717) is 41.1 Å². The maximum Gasteiger partial charge on any atom is 0.255 e. The fourth-order valence-electron chi connectivity index (χ4n) is 4.53. The van der Waals surface area contributed by atoms with Crippen LogP contribution < -0.4 is 15.4 Å². The van der Waals surface area contributed by atoms with E-state index in [-0.39, 0.29) is 5.91 Å². The molecular formula is C30H25N7O2. The van der Waals surface area contributed by atoms with Crippen molar-refractivity contribution in [1.29, 1.82) is 0 Å². The maximum absolute atomic E-state index is 13.7. The lowest BCUT2D eigenvalue weighted by molar-refractivity contribution is -0.113. The second kappa shape index (κ2) is 10.6. The first-order valence-electron chi connectivity index (χ1n) is 12.5. The number of aromatic nitrogens is 5. The van der Waals surface area contributed by atoms with Gasteiger partial charge in [-0.15, -0.1) is 5.10 Å². The molecule has 1 aliphatic rings. The van der Waals surface area contributed by atoms with Crippen LogP contribution in [0, 0.1) is 0 Å². The Morgan fingerprint density at radius 3 is 2.62 bits per heavy atom. The number of pyridine rings is 2. The molecule has 0 fully saturated rings. The second-order valence-corrected chi connectivity index (χ2v) is 9.05. The molecule has 192 valence electrons. The zero-order chi connectivity index (χ0) is 26.6. The summed E-state index contributed by atoms with van der Waals surface area (Å²) in [5.74, 6) is 1.50. The molecule has 5 aromatic rings. The van der Waals surface area contributed by atoms with Crippen LogP contribution in [-0.4, -0.2) is 30.6 Å². The average molecular weight is 516 g/mol. The van der Waals surface area contributed by atoms with E-state index in [1.807, 2.05) is 73.7 Å². The summed E-state index contributed by atoms with van der Waals surface area (Å²) in [7, 11) is 0. The number of hydrogen-bond acceptors (Lipinski definition) is 7. The van der Waals surface area contributed by atoms with Gasteiger partial charge in [-0.2, -0.15) is 4.98 Å². The summed E-state index contributed by atoms with van der Waals surface area (Å²) in [6.45, 7) is 2.30. The number of nitrogens with zero attached hydrogens (tertiary/aromatic N) is 5. The van der Waals surface area contributed by atoms with Gasteiger partial charge in [-0.25, -0.2) is 4.68 Å². The van der Waals surface area contributed by atoms with Gasteiger partial charge in [-0.3, -0.25) is 14.8 Å². The molecule has 2 N–H and O–H groups in total. The van der Waals surface area contributed by atoms with Crippen molar-refractivity contribution in [3.8, 4) is 17.1 Å². The van der Waals surface area contributed by atoms with Gasteiger partial charge in [0.15, 0.2) is 5.82 Å². The number of allylic oxidation sites excluding steroid dienone is 1. The fraction of sp³-hybridized carbons (Fsp3) is 0.100. The summed E-state index contributed by atoms with van der Waals surface area (Å²) in [6.07, 6.45) is 6.67. The standard InChI is InChI=1S/C30H25N7O2/c1-20-26(29(38)34-24-10-6-14-32-18-24)27(37-30(33-20)35-28(36-37)22-12-15-31-16-13-22)23-9-5-11-25(17-23)39-19-21-7-3-2-4-8-21/h2-18,27H,19H2,1H3,(H,34,38)(H,33,35,36). The lowest BCUT2D eigenvalue weighted by atomic mass is 9.95. The third-order valence-corrected chi connectivity index (χ3v) is 6.38. The van der Waals surface area contributed by atoms with E-state index in [4.69, 9.17) is 14.8 Å². The minimum atomic E-state index is -0.554. The molecule has 3 aromatic heterocycles. The van der Waals surface area contributed by atoms with Crippen molar-refractivity contribution in [3.05, 3.63) is 126 Å². The Balaban J connectivity index is 1.39. The quantitative estimate of drug-likeness (QED) is 0.305. The van der Waals surface area contributed by atoms with Gasteiger partial charge in [-0.05, 0) is 54.4 Å². The SMILES string of the molecule is CC1=C(C(=O)Nc2cccnc2)C(c2cccc(OCc3ccccc3)c2)n2nc(-c3ccncc3)nc2N1. The topological polar surface area (TPSA) is 107 Å². The summed E-state index contributed by atoms with van der Waals surface area (Å²) in [5.41, 5.74) is 4.52. The number of nitrogens with one attached hydrogen (secondary N) is 2. The van der Waals surface area contributed by atoms with Crippen molar-refractivity contribution < 1.29 is 9.53 Å². The van der Waals surface area contributed by atoms with Crippen molar-refractivity contribution >= 4 is 17.5 Å². The van der Waals surface area contributed by atoms with Crippen LogP contribution in [0.4, 0.5) is 11.6 Å². The Bertz CT molecular complexity index is 1630. The molecule has 6 rings (SSSR count). The number of anilines is 2. The van der Waals surface area contributed by atoms with Crippen molar-refractivity contribution in [1.82, 2.24) is 24.7 Å². The van der Waals surface area contributed by atoms with Gasteiger partial charge in [-0.1, -0.05) is 42.5 Å². The molecule has 1 unspecified atom stereocenters. The van der Waals surface area contributed by atoms with Gasteiger partial charge in [0, 0.05) is 29.9 Å². The molecule has 0 saturated heterocycles. The highest BCUT2D eigenvalue weighted by Gasteiger charge is 2.34. The number of amides is 1. The molecular weight excluding hydrogens is 490 g/mol. The van der Waals surface area contributed by atoms with Gasteiger partial charge < -0.3 is 15.4 Å². The predicted octanol–water partition coefficient (Wildman–Crippen LogP) is 5.24. The third-order valence-electron chi connectivity index (χ3n) is 6.38. The Labute approximate surface area is 225 Å². The monoisotopic (exact) mass is 515 g/mol. The Morgan fingerprint density at radius 2 is 1.82 bits per heavy atom. The predicted molar refractivity (Wildman–Crippen MR) is 148 cm³/mol. The van der Waals surface area contributed by atoms with Crippen LogP contribution in [0.3, 0.4) is 0 Å². The molecule has 39 heavy (non-hydrogen) atoms. The van der Waals surface area contributed by atoms with Crippen molar-refractivity contribution in [2.75, 3.05) is 10.6 Å². The molecule has 4 heterocycles. The highest BCUT2D eigenvalue weighted by atomic mass is 16.5. The number of carbonyl (C=O) groups excluding carboxylic acids is 1. The lowest BCUT2D eigenvalue weighted by Gasteiger charge is -2.29. The third kappa shape index (κ3) is 5.10. The molecule has 9 heteroatoms. The largest absolute Gasteiger partial charge is 0.489 e. The number of ether oxygens (including phenoxy) is 1. The first-order chi connectivity index (χ1) is 19.2. The first-order valence-corrected chi connectivity index (χ1v) is 12.5. The highest BCUT2D eigenvalue weighted by Crippen LogP contribution is 2.37. The van der Waals surface area contributed by atoms with Gasteiger partial charge in [0.1, 0.15) is 18.4 Å². The zero-order valence-corrected chi connectivity index (χ0v) is 21.2. The van der Waals surface area contributed by atoms with E-state index >= 15 is 0 Å². The van der Waals surface area contributed by atoms with E-state index in [1.165, 1.54) is 0 Å². The van der Waals surface area contributed by atoms with Crippen molar-refractivity contribution in [2.45, 2.75) is 19.6 Å². The molecule has 0 bridgehead atoms. The Morgan fingerprint density at radius 1 is 0.974 bits per heavy atom. The van der Waals surface area contributed by atoms with Gasteiger partial charge in [0.25, 0.3) is 5.91 Å². The fourth-order valence-corrected chi connectivity index (χ4v) is 4.53. The minimum absolute atomic E-state index is 0.264. The molecule has 0 spiro atoms. The summed E-state index contributed by atoms with van der Waals surface area (Å²) in [6, 6.07) is 24.4. The zero-order valence-electron chi connectivity index (χ0n) is 21.2. The van der Waals surface area contributed by atoms with E-state index in [2.05, 4.69) is 20.6 Å². The number of carbonyl (C=O) groups is 1. The van der Waals surface area contributed by atoms with Crippen LogP contribution in [0.5, 0.6) is 5.75 Å². The summed E-state index contributed by atoms with van der Waals surface area (Å²) in [5, 5.41) is 11.1. The van der Waals surface area contributed by atoms with E-state index in [9.17, 15) is 4.79 Å². The maximum atomic E-state index is 13.7. The van der Waals surface area contributed by atoms with E-state index < -0.39 is 6.04 Å². The normalized spacial score (nSPS) is 14.3. The smallest absolute Gasteiger partial charge is 0.255 e. The van der Waals surface area contributed by atoms with Gasteiger partial charge in [0.05, 0.1) is 17.5 Å². The van der Waals surface area contributed by atoms with Crippen LogP contribution >= 0.6 is 0 Å². The molecule has 1 amide bonds. The number of benzene rings is 2. The van der Waals surface area contributed by atoms with Crippen LogP contribution in [-0.2, 0) is 11.4 Å². The number of fused-ring (bicyclic) bond motifs is 1. The van der Waals surface area contributed by atoms with Crippen LogP contribution in [0.25, 0.3) is 11.4 Å². The van der Waals surface area contributed by atoms with Crippen LogP contribution in [0.2, 0.25) is 0 Å². The van der Waals surface area contributed by atoms with Crippen molar-refractivity contribution in [3.63, 3.8) is 0 Å². The summed E-state index contributed by atoms with van der Waals surface area (Å²) in [4.78, 5) is 26.6. The molecule has 0 radical (unpaired) electrons. The van der Waals surface area contributed by atoms with Gasteiger partial charge in [0.2, 0.25) is 5.95 Å². The van der Waals surface area contributed by atoms with E-state index in [0.717, 1.165) is 16.7 Å². The minimum Gasteiger partial charge on any atom is -0.489 e. The Kier molecular flexibility index (Phi) is 6.53. The van der Waals surface area contributed by atoms with Crippen molar-refractivity contribution in [2.24, 2.45) is 0 Å². The molecule has 1 aliphatic heterocycles. The summed E-state index contributed by atoms with van der Waals surface area (Å²) >= 11 is 0. The van der Waals surface area contributed by atoms with Crippen LogP contribution in [0.1, 0.15) is 24.1 Å². The average Bonchev–Trinajstić information content (AvgIpc) is 3.40. The number of rotatable bonds is 7. The Hall–Kier alpha value is -5.31. The highest BCUT2D eigenvalue weighted by molar-refractivity contribution is 6.06. The molecule has 1 atom stereocenters. The molecule has 2 aromatic carbocycles. The molecule has 9 nitrogen and oxygen atoms in total. The number of hydrogen-bond donors (Lipinski definition) is 2.